The lowest BCUT2D eigenvalue weighted by Crippen LogP contribution is -3.16. The number of fused-ring (bicyclic) bond motifs is 1. The summed E-state index contributed by atoms with van der Waals surface area (Å²) in [6.45, 7) is 5.64. The molecule has 1 fully saturated rings. The highest BCUT2D eigenvalue weighted by Crippen LogP contribution is 2.54. The fraction of sp³-hybridized carbons (Fsp3) is 0.429. The molecule has 4 atom stereocenters. The molecule has 0 spiro atoms. The number of hydrogen-bond acceptors (Lipinski definition) is 4. The molecule has 2 N–H and O–H groups in total. The Morgan fingerprint density at radius 2 is 1.89 bits per heavy atom. The Morgan fingerprint density at radius 1 is 1.21 bits per heavy atom. The van der Waals surface area contributed by atoms with Crippen LogP contribution in [-0.4, -0.2) is 24.8 Å². The van der Waals surface area contributed by atoms with Crippen LogP contribution in [0.5, 0.6) is 0 Å². The van der Waals surface area contributed by atoms with Crippen molar-refractivity contribution in [2.45, 2.75) is 25.8 Å². The monoisotopic (exact) mass is 412 g/mol. The van der Waals surface area contributed by atoms with Crippen molar-refractivity contribution in [3.05, 3.63) is 45.5 Å². The van der Waals surface area contributed by atoms with Gasteiger partial charge >= 0.3 is 0 Å². The van der Waals surface area contributed by atoms with Gasteiger partial charge in [0, 0.05) is 11.8 Å². The molecule has 0 aromatic heterocycles. The smallest absolute Gasteiger partial charge is 0.190 e. The van der Waals surface area contributed by atoms with Crippen LogP contribution in [0.25, 0.3) is 0 Å². The Bertz CT molecular complexity index is 962. The highest BCUT2D eigenvalue weighted by Gasteiger charge is 2.59. The minimum absolute atomic E-state index is 0.170. The summed E-state index contributed by atoms with van der Waals surface area (Å²) in [5.41, 5.74) is -0.536. The third kappa shape index (κ3) is 2.90. The van der Waals surface area contributed by atoms with Gasteiger partial charge in [-0.15, -0.1) is 0 Å². The molecule has 142 valence electrons. The van der Waals surface area contributed by atoms with Crippen molar-refractivity contribution in [3.8, 4) is 18.2 Å². The van der Waals surface area contributed by atoms with Crippen molar-refractivity contribution in [2.75, 3.05) is 13.1 Å². The molecule has 7 heteroatoms. The van der Waals surface area contributed by atoms with Crippen molar-refractivity contribution in [3.63, 3.8) is 0 Å². The number of nitriles is 3. The molecule has 1 heterocycles. The average Bonchev–Trinajstić information content (AvgIpc) is 2.69. The van der Waals surface area contributed by atoms with Gasteiger partial charge in [0.25, 0.3) is 0 Å². The van der Waals surface area contributed by atoms with E-state index in [9.17, 15) is 15.8 Å². The summed E-state index contributed by atoms with van der Waals surface area (Å²) in [6, 6.07) is 11.8. The lowest BCUT2D eigenvalue weighted by atomic mass is 9.54. The molecule has 28 heavy (non-hydrogen) atoms. The first kappa shape index (κ1) is 20.4. The van der Waals surface area contributed by atoms with E-state index in [0.29, 0.717) is 28.2 Å². The Hall–Kier alpha value is -2.36. The maximum Gasteiger partial charge on any atom is 0.190 e. The summed E-state index contributed by atoms with van der Waals surface area (Å²) in [5, 5.41) is 39.1. The van der Waals surface area contributed by atoms with Crippen LogP contribution < -0.4 is 4.90 Å². The molecule has 1 aromatic rings. The van der Waals surface area contributed by atoms with Crippen LogP contribution in [0, 0.1) is 56.7 Å². The van der Waals surface area contributed by atoms with Gasteiger partial charge in [-0.05, 0) is 37.1 Å². The molecule has 0 radical (unpaired) electrons. The zero-order valence-corrected chi connectivity index (χ0v) is 17.1. The van der Waals surface area contributed by atoms with Gasteiger partial charge in [-0.3, -0.25) is 0 Å². The van der Waals surface area contributed by atoms with Crippen LogP contribution >= 0.6 is 23.2 Å². The van der Waals surface area contributed by atoms with Crippen LogP contribution in [-0.2, 0) is 0 Å². The summed E-state index contributed by atoms with van der Waals surface area (Å²) in [5.74, 6) is -1.78. The number of halogens is 2. The number of quaternary nitrogens is 1. The van der Waals surface area contributed by atoms with E-state index in [0.717, 1.165) is 12.1 Å². The van der Waals surface area contributed by atoms with Gasteiger partial charge in [0.15, 0.2) is 5.41 Å². The quantitative estimate of drug-likeness (QED) is 0.729. The Balaban J connectivity index is 2.30. The van der Waals surface area contributed by atoms with Gasteiger partial charge in [-0.25, -0.2) is 0 Å². The second kappa shape index (κ2) is 7.57. The minimum atomic E-state index is -1.77. The number of benzene rings is 1. The molecule has 5 nitrogen and oxygen atoms in total. The molecule has 3 rings (SSSR count). The topological polar surface area (TPSA) is 99.7 Å². The molecule has 1 aliphatic heterocycles. The fourth-order valence-corrected chi connectivity index (χ4v) is 4.92. The Kier molecular flexibility index (Phi) is 5.51. The van der Waals surface area contributed by atoms with Crippen LogP contribution in [0.3, 0.4) is 0 Å². The average molecular weight is 413 g/mol. The zero-order chi connectivity index (χ0) is 20.6. The number of rotatable bonds is 2. The summed E-state index contributed by atoms with van der Waals surface area (Å²) in [6.07, 6.45) is 2.01. The molecule has 1 saturated carbocycles. The predicted octanol–water partition coefficient (Wildman–Crippen LogP) is 3.13. The summed E-state index contributed by atoms with van der Waals surface area (Å²) in [7, 11) is 0. The van der Waals surface area contributed by atoms with Crippen LogP contribution in [0.4, 0.5) is 0 Å². The highest BCUT2D eigenvalue weighted by atomic mass is 35.5. The first-order chi connectivity index (χ1) is 13.3. The normalized spacial score (nSPS) is 28.5. The van der Waals surface area contributed by atoms with Crippen molar-refractivity contribution >= 4 is 28.9 Å². The number of hydrogen-bond donors (Lipinski definition) is 2. The SMILES string of the molecule is CC(C)[NH+]1CC=C2C(C#N)C(=N)C(C#N)(C#N)[C@@H](c3cccc(Cl)c3Cl)[C@H]2C1. The third-order valence-electron chi connectivity index (χ3n) is 6.04. The maximum absolute atomic E-state index is 10.1. The Labute approximate surface area is 174 Å². The largest absolute Gasteiger partial charge is 0.329 e. The van der Waals surface area contributed by atoms with Crippen molar-refractivity contribution in [1.29, 1.82) is 21.2 Å². The van der Waals surface area contributed by atoms with E-state index in [1.165, 1.54) is 4.90 Å². The summed E-state index contributed by atoms with van der Waals surface area (Å²) in [4.78, 5) is 1.30. The molecule has 0 bridgehead atoms. The molecule has 1 aromatic carbocycles. The van der Waals surface area contributed by atoms with E-state index in [4.69, 9.17) is 28.6 Å². The van der Waals surface area contributed by atoms with Gasteiger partial charge in [-0.2, -0.15) is 15.8 Å². The molecule has 0 amide bonds. The second-order valence-electron chi connectivity index (χ2n) is 7.66. The third-order valence-corrected chi connectivity index (χ3v) is 6.87. The second-order valence-corrected chi connectivity index (χ2v) is 8.45. The summed E-state index contributed by atoms with van der Waals surface area (Å²) >= 11 is 12.7. The molecule has 1 aliphatic carbocycles. The number of nitrogens with one attached hydrogen (secondary N) is 2. The van der Waals surface area contributed by atoms with Crippen LogP contribution in [0.2, 0.25) is 10.0 Å². The molecule has 2 unspecified atom stereocenters. The van der Waals surface area contributed by atoms with Gasteiger partial charge < -0.3 is 10.3 Å². The summed E-state index contributed by atoms with van der Waals surface area (Å²) < 4.78 is 0. The number of nitrogens with zero attached hydrogens (tertiary/aromatic N) is 3. The van der Waals surface area contributed by atoms with E-state index < -0.39 is 17.3 Å². The molecular formula is C21H20Cl2N5+. The van der Waals surface area contributed by atoms with Gasteiger partial charge in [0.1, 0.15) is 5.92 Å². The van der Waals surface area contributed by atoms with Crippen molar-refractivity contribution < 1.29 is 4.90 Å². The lowest BCUT2D eigenvalue weighted by Gasteiger charge is -2.47. The molecular weight excluding hydrogens is 393 g/mol. The van der Waals surface area contributed by atoms with Crippen molar-refractivity contribution in [1.82, 2.24) is 0 Å². The van der Waals surface area contributed by atoms with E-state index >= 15 is 0 Å². The fourth-order valence-electron chi connectivity index (χ4n) is 4.50. The lowest BCUT2D eigenvalue weighted by molar-refractivity contribution is -0.920. The van der Waals surface area contributed by atoms with Gasteiger partial charge in [0.05, 0.1) is 53.1 Å². The van der Waals surface area contributed by atoms with Crippen LogP contribution in [0.15, 0.2) is 29.8 Å². The minimum Gasteiger partial charge on any atom is -0.329 e. The van der Waals surface area contributed by atoms with E-state index in [-0.39, 0.29) is 11.6 Å². The van der Waals surface area contributed by atoms with Crippen molar-refractivity contribution in [2.24, 2.45) is 17.3 Å². The maximum atomic E-state index is 10.1. The molecule has 2 aliphatic rings. The molecule has 0 saturated heterocycles. The highest BCUT2D eigenvalue weighted by molar-refractivity contribution is 6.42. The zero-order valence-electron chi connectivity index (χ0n) is 15.6. The standard InChI is InChI=1S/C21H19Cl2N5/c1-12(2)28-7-6-13-15(8-24)20(27)21(10-25,11-26)18(16(13)9-28)14-4-3-5-17(22)19(14)23/h3-6,12,15-16,18,27H,7,9H2,1-2H3/p+1/t15?,16-,18-/m0/s1. The first-order valence-corrected chi connectivity index (χ1v) is 9.87. The first-order valence-electron chi connectivity index (χ1n) is 9.11. The van der Waals surface area contributed by atoms with E-state index in [1.54, 1.807) is 18.2 Å². The van der Waals surface area contributed by atoms with E-state index in [1.807, 2.05) is 6.08 Å². The van der Waals surface area contributed by atoms with Crippen LogP contribution in [0.1, 0.15) is 25.3 Å². The van der Waals surface area contributed by atoms with Gasteiger partial charge in [0.2, 0.25) is 0 Å². The van der Waals surface area contributed by atoms with E-state index in [2.05, 4.69) is 32.1 Å². The Morgan fingerprint density at radius 3 is 2.46 bits per heavy atom. The predicted molar refractivity (Wildman–Crippen MR) is 107 cm³/mol. The van der Waals surface area contributed by atoms with Gasteiger partial charge in [-0.1, -0.05) is 35.3 Å².